The van der Waals surface area contributed by atoms with Crippen molar-refractivity contribution < 1.29 is 9.59 Å². The van der Waals surface area contributed by atoms with Gasteiger partial charge < -0.3 is 16.0 Å². The van der Waals surface area contributed by atoms with Crippen molar-refractivity contribution in [2.45, 2.75) is 40.5 Å². The molecule has 0 heterocycles. The largest absolute Gasteiger partial charge is 0.355 e. The van der Waals surface area contributed by atoms with Crippen LogP contribution in [0, 0.1) is 11.8 Å². The molecule has 0 aromatic rings. The van der Waals surface area contributed by atoms with Gasteiger partial charge in [0.2, 0.25) is 11.8 Å². The molecule has 0 saturated carbocycles. The van der Waals surface area contributed by atoms with Crippen LogP contribution in [0.1, 0.15) is 40.5 Å². The van der Waals surface area contributed by atoms with Crippen LogP contribution in [0.5, 0.6) is 0 Å². The van der Waals surface area contributed by atoms with Crippen molar-refractivity contribution in [2.75, 3.05) is 26.2 Å². The summed E-state index contributed by atoms with van der Waals surface area (Å²) in [6.07, 6.45) is 1.14. The number of amides is 2. The van der Waals surface area contributed by atoms with Crippen LogP contribution in [0.3, 0.4) is 0 Å². The molecule has 5 nitrogen and oxygen atoms in total. The molecule has 112 valence electrons. The number of carbonyl (C=O) groups excluding carboxylic acids is 2. The van der Waals surface area contributed by atoms with Gasteiger partial charge in [-0.3, -0.25) is 9.59 Å². The summed E-state index contributed by atoms with van der Waals surface area (Å²) in [4.78, 5) is 25.4. The van der Waals surface area contributed by atoms with Crippen molar-refractivity contribution in [1.82, 2.24) is 10.2 Å². The molecule has 0 aliphatic heterocycles. The highest BCUT2D eigenvalue weighted by molar-refractivity contribution is 5.80. The molecule has 0 spiro atoms. The van der Waals surface area contributed by atoms with Crippen LogP contribution in [-0.4, -0.2) is 42.9 Å². The third-order valence-corrected chi connectivity index (χ3v) is 3.17. The number of carbonyl (C=O) groups is 2. The second-order valence-electron chi connectivity index (χ2n) is 5.17. The third kappa shape index (κ3) is 7.15. The average molecular weight is 271 g/mol. The zero-order chi connectivity index (χ0) is 14.8. The lowest BCUT2D eigenvalue weighted by Gasteiger charge is -2.20. The first-order valence-corrected chi connectivity index (χ1v) is 7.21. The van der Waals surface area contributed by atoms with E-state index in [1.165, 1.54) is 0 Å². The Morgan fingerprint density at radius 3 is 2.21 bits per heavy atom. The molecular weight excluding hydrogens is 242 g/mol. The molecule has 2 amide bonds. The van der Waals surface area contributed by atoms with Crippen LogP contribution < -0.4 is 11.1 Å². The zero-order valence-corrected chi connectivity index (χ0v) is 12.7. The van der Waals surface area contributed by atoms with Gasteiger partial charge in [0.05, 0.1) is 5.92 Å². The number of rotatable bonds is 9. The minimum Gasteiger partial charge on any atom is -0.355 e. The van der Waals surface area contributed by atoms with Crippen LogP contribution in [0.25, 0.3) is 0 Å². The Balaban J connectivity index is 4.05. The zero-order valence-electron chi connectivity index (χ0n) is 12.7. The third-order valence-electron chi connectivity index (χ3n) is 3.17. The van der Waals surface area contributed by atoms with E-state index in [0.717, 1.165) is 6.42 Å². The molecule has 0 radical (unpaired) electrons. The average Bonchev–Trinajstić information content (AvgIpc) is 2.36. The highest BCUT2D eigenvalue weighted by Crippen LogP contribution is 2.10. The van der Waals surface area contributed by atoms with Gasteiger partial charge in [-0.25, -0.2) is 0 Å². The Morgan fingerprint density at radius 1 is 1.21 bits per heavy atom. The maximum atomic E-state index is 11.9. The SMILES string of the molecule is CCN(CC)C(=O)CCNC(=O)C(CN)CC(C)C. The maximum absolute atomic E-state index is 11.9. The van der Waals surface area contributed by atoms with Gasteiger partial charge in [-0.15, -0.1) is 0 Å². The van der Waals surface area contributed by atoms with Crippen molar-refractivity contribution in [3.05, 3.63) is 0 Å². The van der Waals surface area contributed by atoms with Gasteiger partial charge in [-0.05, 0) is 26.2 Å². The van der Waals surface area contributed by atoms with E-state index in [9.17, 15) is 9.59 Å². The van der Waals surface area contributed by atoms with E-state index >= 15 is 0 Å². The summed E-state index contributed by atoms with van der Waals surface area (Å²) in [5.41, 5.74) is 5.61. The van der Waals surface area contributed by atoms with Crippen molar-refractivity contribution in [1.29, 1.82) is 0 Å². The van der Waals surface area contributed by atoms with Gasteiger partial charge in [0.25, 0.3) is 0 Å². The summed E-state index contributed by atoms with van der Waals surface area (Å²) >= 11 is 0. The summed E-state index contributed by atoms with van der Waals surface area (Å²) in [5.74, 6) is 0.335. The second-order valence-corrected chi connectivity index (χ2v) is 5.17. The molecule has 0 saturated heterocycles. The van der Waals surface area contributed by atoms with Crippen LogP contribution in [0.2, 0.25) is 0 Å². The number of hydrogen-bond donors (Lipinski definition) is 2. The van der Waals surface area contributed by atoms with Crippen molar-refractivity contribution in [3.8, 4) is 0 Å². The number of nitrogens with one attached hydrogen (secondary N) is 1. The standard InChI is InChI=1S/C14H29N3O2/c1-5-17(6-2)13(18)7-8-16-14(19)12(10-15)9-11(3)4/h11-12H,5-10,15H2,1-4H3,(H,16,19). The molecule has 0 aliphatic rings. The van der Waals surface area contributed by atoms with Crippen molar-refractivity contribution in [3.63, 3.8) is 0 Å². The lowest BCUT2D eigenvalue weighted by molar-refractivity contribution is -0.131. The molecule has 0 bridgehead atoms. The Labute approximate surface area is 116 Å². The molecule has 0 aromatic heterocycles. The van der Waals surface area contributed by atoms with Gasteiger partial charge in [0.15, 0.2) is 0 Å². The fraction of sp³-hybridized carbons (Fsp3) is 0.857. The number of nitrogens with zero attached hydrogens (tertiary/aromatic N) is 1. The maximum Gasteiger partial charge on any atom is 0.224 e. The van der Waals surface area contributed by atoms with E-state index < -0.39 is 0 Å². The topological polar surface area (TPSA) is 75.4 Å². The van der Waals surface area contributed by atoms with Crippen molar-refractivity contribution in [2.24, 2.45) is 17.6 Å². The predicted octanol–water partition coefficient (Wildman–Crippen LogP) is 0.982. The summed E-state index contributed by atoms with van der Waals surface area (Å²) in [7, 11) is 0. The Hall–Kier alpha value is -1.10. The molecular formula is C14H29N3O2. The first kappa shape index (κ1) is 17.9. The number of nitrogens with two attached hydrogens (primary N) is 1. The summed E-state index contributed by atoms with van der Waals surface area (Å²) in [6.45, 7) is 10.2. The molecule has 0 fully saturated rings. The highest BCUT2D eigenvalue weighted by atomic mass is 16.2. The van der Waals surface area contributed by atoms with Crippen LogP contribution in [-0.2, 0) is 9.59 Å². The monoisotopic (exact) mass is 271 g/mol. The first-order chi connectivity index (χ1) is 8.96. The van der Waals surface area contributed by atoms with E-state index in [1.807, 2.05) is 13.8 Å². The molecule has 19 heavy (non-hydrogen) atoms. The van der Waals surface area contributed by atoms with Crippen LogP contribution >= 0.6 is 0 Å². The minimum absolute atomic E-state index is 0.0384. The summed E-state index contributed by atoms with van der Waals surface area (Å²) in [6, 6.07) is 0. The normalized spacial score (nSPS) is 12.3. The molecule has 0 rings (SSSR count). The van der Waals surface area contributed by atoms with E-state index in [-0.39, 0.29) is 17.7 Å². The molecule has 5 heteroatoms. The highest BCUT2D eigenvalue weighted by Gasteiger charge is 2.18. The van der Waals surface area contributed by atoms with Gasteiger partial charge in [0.1, 0.15) is 0 Å². The van der Waals surface area contributed by atoms with Gasteiger partial charge in [0, 0.05) is 32.6 Å². The van der Waals surface area contributed by atoms with E-state index in [2.05, 4.69) is 19.2 Å². The predicted molar refractivity (Wildman–Crippen MR) is 77.6 cm³/mol. The smallest absolute Gasteiger partial charge is 0.224 e. The second kappa shape index (κ2) is 9.78. The Kier molecular flexibility index (Phi) is 9.21. The van der Waals surface area contributed by atoms with Crippen LogP contribution in [0.4, 0.5) is 0 Å². The summed E-state index contributed by atoms with van der Waals surface area (Å²) in [5, 5.41) is 2.81. The molecule has 0 aromatic carbocycles. The van der Waals surface area contributed by atoms with E-state index in [1.54, 1.807) is 4.90 Å². The number of hydrogen-bond acceptors (Lipinski definition) is 3. The molecule has 1 atom stereocenters. The fourth-order valence-electron chi connectivity index (χ4n) is 2.05. The van der Waals surface area contributed by atoms with E-state index in [4.69, 9.17) is 5.73 Å². The Morgan fingerprint density at radius 2 is 1.79 bits per heavy atom. The molecule has 0 aliphatic carbocycles. The lowest BCUT2D eigenvalue weighted by atomic mass is 9.96. The van der Waals surface area contributed by atoms with E-state index in [0.29, 0.717) is 38.5 Å². The summed E-state index contributed by atoms with van der Waals surface area (Å²) < 4.78 is 0. The van der Waals surface area contributed by atoms with Gasteiger partial charge >= 0.3 is 0 Å². The van der Waals surface area contributed by atoms with Gasteiger partial charge in [-0.1, -0.05) is 13.8 Å². The van der Waals surface area contributed by atoms with Crippen LogP contribution in [0.15, 0.2) is 0 Å². The fourth-order valence-corrected chi connectivity index (χ4v) is 2.05. The molecule has 3 N–H and O–H groups in total. The minimum atomic E-state index is -0.149. The van der Waals surface area contributed by atoms with Crippen molar-refractivity contribution >= 4 is 11.8 Å². The lowest BCUT2D eigenvalue weighted by Crippen LogP contribution is -2.38. The quantitative estimate of drug-likeness (QED) is 0.656. The Bertz CT molecular complexity index is 276. The first-order valence-electron chi connectivity index (χ1n) is 7.21. The van der Waals surface area contributed by atoms with Gasteiger partial charge in [-0.2, -0.15) is 0 Å². The molecule has 1 unspecified atom stereocenters.